The summed E-state index contributed by atoms with van der Waals surface area (Å²) in [6.07, 6.45) is -0.848. The van der Waals surface area contributed by atoms with Crippen LogP contribution in [0.5, 0.6) is 0 Å². The minimum Gasteiger partial charge on any atom is -0.394 e. The summed E-state index contributed by atoms with van der Waals surface area (Å²) >= 11 is 0. The second-order valence-corrected chi connectivity index (χ2v) is 4.36. The van der Waals surface area contributed by atoms with Crippen molar-refractivity contribution in [3.05, 3.63) is 0 Å². The van der Waals surface area contributed by atoms with E-state index in [0.717, 1.165) is 0 Å². The molecule has 0 rings (SSSR count). The van der Waals surface area contributed by atoms with Crippen LogP contribution in [0.1, 0.15) is 19.8 Å². The molecule has 0 aliphatic rings. The molecule has 0 amide bonds. The Hall–Kier alpha value is -0.360. The predicted molar refractivity (Wildman–Crippen MR) is 88.7 cm³/mol. The molecule has 1 unspecified atom stereocenters. The minimum atomic E-state index is -1.30. The van der Waals surface area contributed by atoms with E-state index in [1.165, 1.54) is 0 Å². The first-order valence-electron chi connectivity index (χ1n) is 7.89. The van der Waals surface area contributed by atoms with Gasteiger partial charge >= 0.3 is 0 Å². The van der Waals surface area contributed by atoms with E-state index in [1.807, 2.05) is 6.92 Å². The smallest absolute Gasteiger partial charge is 0.151 e. The van der Waals surface area contributed by atoms with Gasteiger partial charge in [-0.3, -0.25) is 0 Å². The number of hydrogen-bond acceptors (Lipinski definition) is 9. The third-order valence-corrected chi connectivity index (χ3v) is 2.32. The lowest BCUT2D eigenvalue weighted by Crippen LogP contribution is -2.20. The Bertz CT molecular complexity index is 186. The molecule has 0 spiro atoms. The van der Waals surface area contributed by atoms with E-state index in [2.05, 4.69) is 9.47 Å². The van der Waals surface area contributed by atoms with Crippen LogP contribution in [0.2, 0.25) is 0 Å². The van der Waals surface area contributed by atoms with Crippen molar-refractivity contribution < 1.29 is 44.5 Å². The molecule has 150 valence electrons. The molecule has 0 saturated carbocycles. The SMILES string of the molecule is CCOC(CO)CCC(O)O.COCCO.COCCOCCO. The van der Waals surface area contributed by atoms with Gasteiger partial charge in [0.25, 0.3) is 0 Å². The van der Waals surface area contributed by atoms with Gasteiger partial charge in [0.1, 0.15) is 0 Å². The molecule has 9 heteroatoms. The highest BCUT2D eigenvalue weighted by Gasteiger charge is 2.08. The highest BCUT2D eigenvalue weighted by Crippen LogP contribution is 2.03. The van der Waals surface area contributed by atoms with E-state index in [9.17, 15) is 0 Å². The monoisotopic (exact) mass is 360 g/mol. The molecule has 0 aromatic carbocycles. The van der Waals surface area contributed by atoms with Crippen LogP contribution in [0, 0.1) is 0 Å². The Labute approximate surface area is 144 Å². The Morgan fingerprint density at radius 2 is 1.38 bits per heavy atom. The van der Waals surface area contributed by atoms with Crippen LogP contribution < -0.4 is 0 Å². The predicted octanol–water partition coefficient (Wildman–Crippen LogP) is -1.26. The van der Waals surface area contributed by atoms with Gasteiger partial charge in [0.2, 0.25) is 0 Å². The zero-order valence-electron chi connectivity index (χ0n) is 15.1. The molecule has 9 nitrogen and oxygen atoms in total. The van der Waals surface area contributed by atoms with Crippen molar-refractivity contribution in [1.82, 2.24) is 0 Å². The summed E-state index contributed by atoms with van der Waals surface area (Å²) in [5, 5.41) is 41.8. The van der Waals surface area contributed by atoms with Crippen LogP contribution in [0.4, 0.5) is 0 Å². The number of rotatable bonds is 13. The first-order valence-corrected chi connectivity index (χ1v) is 7.89. The fourth-order valence-electron chi connectivity index (χ4n) is 1.20. The van der Waals surface area contributed by atoms with Gasteiger partial charge in [-0.25, -0.2) is 0 Å². The number of hydrogen-bond donors (Lipinski definition) is 5. The summed E-state index contributed by atoms with van der Waals surface area (Å²) in [6.45, 7) is 4.52. The Kier molecular flexibility index (Phi) is 32.6. The molecule has 0 fully saturated rings. The molecule has 0 saturated heterocycles. The van der Waals surface area contributed by atoms with Gasteiger partial charge in [-0.05, 0) is 13.3 Å². The van der Waals surface area contributed by atoms with E-state index in [-0.39, 0.29) is 32.3 Å². The summed E-state index contributed by atoms with van der Waals surface area (Å²) in [4.78, 5) is 0. The van der Waals surface area contributed by atoms with Gasteiger partial charge in [0.15, 0.2) is 6.29 Å². The van der Waals surface area contributed by atoms with E-state index in [4.69, 9.17) is 35.0 Å². The van der Waals surface area contributed by atoms with Gasteiger partial charge in [0.05, 0.1) is 52.4 Å². The quantitative estimate of drug-likeness (QED) is 0.201. The zero-order valence-corrected chi connectivity index (χ0v) is 15.1. The van der Waals surface area contributed by atoms with Crippen LogP contribution in [-0.4, -0.2) is 105 Å². The summed E-state index contributed by atoms with van der Waals surface area (Å²) < 4.78 is 19.0. The Morgan fingerprint density at radius 1 is 0.792 bits per heavy atom. The van der Waals surface area contributed by atoms with Crippen molar-refractivity contribution in [2.24, 2.45) is 0 Å². The van der Waals surface area contributed by atoms with Gasteiger partial charge in [0, 0.05) is 27.2 Å². The molecule has 0 heterocycles. The lowest BCUT2D eigenvalue weighted by atomic mass is 10.2. The fraction of sp³-hybridized carbons (Fsp3) is 1.00. The average molecular weight is 360 g/mol. The molecular weight excluding hydrogens is 324 g/mol. The van der Waals surface area contributed by atoms with Gasteiger partial charge in [-0.1, -0.05) is 0 Å². The Balaban J connectivity index is -0.000000298. The third kappa shape index (κ3) is 33.3. The van der Waals surface area contributed by atoms with Crippen LogP contribution in [0.3, 0.4) is 0 Å². The van der Waals surface area contributed by atoms with Crippen molar-refractivity contribution in [2.45, 2.75) is 32.2 Å². The lowest BCUT2D eigenvalue weighted by Gasteiger charge is -2.14. The lowest BCUT2D eigenvalue weighted by molar-refractivity contribution is -0.0629. The largest absolute Gasteiger partial charge is 0.394 e. The molecule has 0 aromatic rings. The highest BCUT2D eigenvalue weighted by atomic mass is 16.5. The van der Waals surface area contributed by atoms with Crippen LogP contribution >= 0.6 is 0 Å². The maximum absolute atomic E-state index is 8.68. The van der Waals surface area contributed by atoms with Crippen LogP contribution in [0.15, 0.2) is 0 Å². The fourth-order valence-corrected chi connectivity index (χ4v) is 1.20. The minimum absolute atomic E-state index is 0.0689. The maximum Gasteiger partial charge on any atom is 0.151 e. The van der Waals surface area contributed by atoms with E-state index >= 15 is 0 Å². The van der Waals surface area contributed by atoms with Crippen LogP contribution in [-0.2, 0) is 18.9 Å². The molecule has 0 aliphatic heterocycles. The summed E-state index contributed by atoms with van der Waals surface area (Å²) in [5.41, 5.74) is 0. The maximum atomic E-state index is 8.68. The van der Waals surface area contributed by atoms with E-state index in [0.29, 0.717) is 39.5 Å². The molecule has 1 atom stereocenters. The highest BCUT2D eigenvalue weighted by molar-refractivity contribution is 4.56. The zero-order chi connectivity index (χ0) is 19.1. The number of methoxy groups -OCH3 is 2. The number of aliphatic hydroxyl groups excluding tert-OH is 4. The van der Waals surface area contributed by atoms with Gasteiger partial charge < -0.3 is 44.5 Å². The van der Waals surface area contributed by atoms with Gasteiger partial charge in [-0.15, -0.1) is 0 Å². The molecule has 0 radical (unpaired) electrons. The second kappa shape index (κ2) is 27.5. The van der Waals surface area contributed by atoms with Crippen molar-refractivity contribution in [3.8, 4) is 0 Å². The first-order chi connectivity index (χ1) is 11.5. The molecule has 24 heavy (non-hydrogen) atoms. The topological polar surface area (TPSA) is 138 Å². The van der Waals surface area contributed by atoms with Crippen molar-refractivity contribution in [1.29, 1.82) is 0 Å². The van der Waals surface area contributed by atoms with Gasteiger partial charge in [-0.2, -0.15) is 0 Å². The Morgan fingerprint density at radius 3 is 1.71 bits per heavy atom. The first kappa shape index (κ1) is 28.4. The normalized spacial score (nSPS) is 11.4. The van der Waals surface area contributed by atoms with Crippen molar-refractivity contribution >= 4 is 0 Å². The van der Waals surface area contributed by atoms with Crippen LogP contribution in [0.25, 0.3) is 0 Å². The second-order valence-electron chi connectivity index (χ2n) is 4.36. The summed E-state index contributed by atoms with van der Waals surface area (Å²) in [6, 6.07) is 0. The molecule has 0 aliphatic carbocycles. The van der Waals surface area contributed by atoms with Crippen molar-refractivity contribution in [3.63, 3.8) is 0 Å². The third-order valence-electron chi connectivity index (χ3n) is 2.32. The van der Waals surface area contributed by atoms with E-state index < -0.39 is 6.29 Å². The molecule has 0 bridgehead atoms. The standard InChI is InChI=1S/C7H16O4.C5H12O3.C3H8O2/c1-2-11-6(5-8)3-4-7(9)10;1-7-4-5-8-3-2-6;1-5-3-2-4/h6-10H,2-5H2,1H3;6H,2-5H2,1H3;4H,2-3H2,1H3. The molecule has 5 N–H and O–H groups in total. The average Bonchev–Trinajstić information content (AvgIpc) is 2.57. The van der Waals surface area contributed by atoms with Crippen molar-refractivity contribution in [2.75, 3.05) is 67.1 Å². The number of aliphatic hydroxyl groups is 5. The van der Waals surface area contributed by atoms with E-state index in [1.54, 1.807) is 14.2 Å². The number of ether oxygens (including phenoxy) is 4. The molecule has 0 aromatic heterocycles. The summed E-state index contributed by atoms with van der Waals surface area (Å²) in [5.74, 6) is 0. The summed E-state index contributed by atoms with van der Waals surface area (Å²) in [7, 11) is 3.17. The molecular formula is C15H36O9.